The van der Waals surface area contributed by atoms with Gasteiger partial charge in [0.25, 0.3) is 5.91 Å². The van der Waals surface area contributed by atoms with Gasteiger partial charge < -0.3 is 24.5 Å². The van der Waals surface area contributed by atoms with Crippen molar-refractivity contribution in [3.05, 3.63) is 23.3 Å². The number of carbonyl (C=O) groups is 2. The van der Waals surface area contributed by atoms with Crippen LogP contribution in [0.1, 0.15) is 29.8 Å². The molecule has 0 radical (unpaired) electrons. The van der Waals surface area contributed by atoms with Gasteiger partial charge in [-0.25, -0.2) is 4.79 Å². The molecule has 0 saturated carbocycles. The van der Waals surface area contributed by atoms with Crippen LogP contribution in [-0.2, 0) is 6.42 Å². The second-order valence-electron chi connectivity index (χ2n) is 7.44. The average molecular weight is 347 g/mol. The number of rotatable bonds is 1. The van der Waals surface area contributed by atoms with Crippen LogP contribution in [0.5, 0.6) is 11.5 Å². The highest BCUT2D eigenvalue weighted by molar-refractivity contribution is 5.98. The second kappa shape index (κ2) is 6.13. The number of nitrogens with zero attached hydrogens (tertiary/aromatic N) is 3. The molecule has 7 nitrogen and oxygen atoms in total. The molecule has 1 aromatic rings. The highest BCUT2D eigenvalue weighted by Gasteiger charge is 2.35. The first-order valence-electron chi connectivity index (χ1n) is 8.49. The quantitative estimate of drug-likeness (QED) is 0.836. The van der Waals surface area contributed by atoms with Gasteiger partial charge in [-0.2, -0.15) is 0 Å². The molecule has 0 bridgehead atoms. The van der Waals surface area contributed by atoms with Crippen molar-refractivity contribution < 1.29 is 19.4 Å². The number of piperazine rings is 1. The van der Waals surface area contributed by atoms with E-state index in [0.717, 1.165) is 5.56 Å². The number of aromatic hydroxyl groups is 1. The normalized spacial score (nSPS) is 18.6. The number of hydrogen-bond acceptors (Lipinski definition) is 4. The second-order valence-corrected chi connectivity index (χ2v) is 7.44. The Hall–Kier alpha value is -2.44. The van der Waals surface area contributed by atoms with Gasteiger partial charge in [-0.15, -0.1) is 0 Å². The van der Waals surface area contributed by atoms with Crippen molar-refractivity contribution in [2.45, 2.75) is 25.9 Å². The fraction of sp³-hybridized carbons (Fsp3) is 0.556. The standard InChI is InChI=1S/C18H25N3O4/c1-18(2)11-12-5-6-13(14(22)15(12)25-18)16(23)20-7-9-21(10-8-20)17(24)19(3)4/h5-6,22H,7-11H2,1-4H3. The molecule has 2 aliphatic heterocycles. The number of fused-ring (bicyclic) bond motifs is 1. The lowest BCUT2D eigenvalue weighted by Crippen LogP contribution is -2.52. The van der Waals surface area contributed by atoms with Crippen LogP contribution in [0.3, 0.4) is 0 Å². The molecular weight excluding hydrogens is 322 g/mol. The van der Waals surface area contributed by atoms with Gasteiger partial charge in [0.1, 0.15) is 5.60 Å². The monoisotopic (exact) mass is 347 g/mol. The van der Waals surface area contributed by atoms with Crippen LogP contribution in [0.2, 0.25) is 0 Å². The molecule has 1 fully saturated rings. The van der Waals surface area contributed by atoms with E-state index in [1.54, 1.807) is 30.0 Å². The van der Waals surface area contributed by atoms with Crippen LogP contribution in [-0.4, -0.2) is 77.6 Å². The molecule has 0 spiro atoms. The van der Waals surface area contributed by atoms with Gasteiger partial charge in [0.15, 0.2) is 11.5 Å². The summed E-state index contributed by atoms with van der Waals surface area (Å²) in [6.45, 7) is 5.77. The van der Waals surface area contributed by atoms with E-state index >= 15 is 0 Å². The molecule has 3 rings (SSSR count). The van der Waals surface area contributed by atoms with Crippen molar-refractivity contribution in [1.82, 2.24) is 14.7 Å². The maximum absolute atomic E-state index is 12.8. The molecule has 0 aliphatic carbocycles. The predicted molar refractivity (Wildman–Crippen MR) is 93.1 cm³/mol. The average Bonchev–Trinajstić information content (AvgIpc) is 2.89. The summed E-state index contributed by atoms with van der Waals surface area (Å²) in [5.41, 5.74) is 0.795. The summed E-state index contributed by atoms with van der Waals surface area (Å²) in [6, 6.07) is 3.46. The first-order chi connectivity index (χ1) is 11.7. The van der Waals surface area contributed by atoms with Gasteiger partial charge in [0.2, 0.25) is 0 Å². The number of amides is 3. The molecule has 3 amide bonds. The third-order valence-corrected chi connectivity index (χ3v) is 4.66. The third-order valence-electron chi connectivity index (χ3n) is 4.66. The molecule has 0 aromatic heterocycles. The topological polar surface area (TPSA) is 73.3 Å². The number of benzene rings is 1. The number of hydrogen-bond donors (Lipinski definition) is 1. The zero-order chi connectivity index (χ0) is 18.4. The van der Waals surface area contributed by atoms with Crippen LogP contribution < -0.4 is 4.74 Å². The Bertz CT molecular complexity index is 707. The lowest BCUT2D eigenvalue weighted by atomic mass is 10.00. The Morgan fingerprint density at radius 2 is 1.72 bits per heavy atom. The van der Waals surface area contributed by atoms with Crippen LogP contribution in [0, 0.1) is 0 Å². The number of urea groups is 1. The molecule has 1 saturated heterocycles. The van der Waals surface area contributed by atoms with Gasteiger partial charge >= 0.3 is 6.03 Å². The maximum atomic E-state index is 12.8. The molecule has 0 atom stereocenters. The summed E-state index contributed by atoms with van der Waals surface area (Å²) in [7, 11) is 3.42. The Balaban J connectivity index is 1.73. The minimum atomic E-state index is -0.375. The van der Waals surface area contributed by atoms with Gasteiger partial charge in [0.05, 0.1) is 5.56 Å². The van der Waals surface area contributed by atoms with Crippen molar-refractivity contribution in [3.8, 4) is 11.5 Å². The molecule has 1 aromatic carbocycles. The van der Waals surface area contributed by atoms with E-state index in [0.29, 0.717) is 38.3 Å². The van der Waals surface area contributed by atoms with Crippen molar-refractivity contribution in [2.75, 3.05) is 40.3 Å². The van der Waals surface area contributed by atoms with E-state index in [1.807, 2.05) is 19.9 Å². The van der Waals surface area contributed by atoms with Crippen LogP contribution in [0.25, 0.3) is 0 Å². The van der Waals surface area contributed by atoms with Gasteiger partial charge in [-0.05, 0) is 19.9 Å². The number of phenols is 1. The zero-order valence-corrected chi connectivity index (χ0v) is 15.2. The lowest BCUT2D eigenvalue weighted by Gasteiger charge is -2.36. The summed E-state index contributed by atoms with van der Waals surface area (Å²) < 4.78 is 5.80. The minimum Gasteiger partial charge on any atom is -0.504 e. The number of ether oxygens (including phenoxy) is 1. The highest BCUT2D eigenvalue weighted by atomic mass is 16.5. The molecule has 25 heavy (non-hydrogen) atoms. The molecule has 0 unspecified atom stereocenters. The summed E-state index contributed by atoms with van der Waals surface area (Å²) in [6.07, 6.45) is 0.704. The first kappa shape index (κ1) is 17.4. The van der Waals surface area contributed by atoms with Gasteiger partial charge in [-0.1, -0.05) is 6.07 Å². The molecule has 2 aliphatic rings. The summed E-state index contributed by atoms with van der Waals surface area (Å²) in [4.78, 5) is 29.7. The fourth-order valence-corrected chi connectivity index (χ4v) is 3.36. The maximum Gasteiger partial charge on any atom is 0.319 e. The lowest BCUT2D eigenvalue weighted by molar-refractivity contribution is 0.0645. The number of phenolic OH excluding ortho intramolecular Hbond substituents is 1. The van der Waals surface area contributed by atoms with Crippen molar-refractivity contribution in [2.24, 2.45) is 0 Å². The molecule has 1 N–H and O–H groups in total. The van der Waals surface area contributed by atoms with Crippen molar-refractivity contribution >= 4 is 11.9 Å². The highest BCUT2D eigenvalue weighted by Crippen LogP contribution is 2.43. The third kappa shape index (κ3) is 3.23. The van der Waals surface area contributed by atoms with E-state index in [1.165, 1.54) is 4.90 Å². The van der Waals surface area contributed by atoms with Gasteiger partial charge in [-0.3, -0.25) is 4.79 Å². The van der Waals surface area contributed by atoms with E-state index in [4.69, 9.17) is 4.74 Å². The number of carbonyl (C=O) groups excluding carboxylic acids is 2. The molecular formula is C18H25N3O4. The van der Waals surface area contributed by atoms with Crippen LogP contribution in [0.15, 0.2) is 12.1 Å². The summed E-state index contributed by atoms with van der Waals surface area (Å²) in [5.74, 6) is 0.0997. The van der Waals surface area contributed by atoms with Crippen LogP contribution in [0.4, 0.5) is 4.79 Å². The largest absolute Gasteiger partial charge is 0.504 e. The fourth-order valence-electron chi connectivity index (χ4n) is 3.36. The van der Waals surface area contributed by atoms with Crippen LogP contribution >= 0.6 is 0 Å². The molecule has 136 valence electrons. The molecule has 2 heterocycles. The van der Waals surface area contributed by atoms with E-state index in [2.05, 4.69) is 0 Å². The van der Waals surface area contributed by atoms with Crippen molar-refractivity contribution in [1.29, 1.82) is 0 Å². The summed E-state index contributed by atoms with van der Waals surface area (Å²) in [5, 5.41) is 10.5. The molecule has 7 heteroatoms. The Morgan fingerprint density at radius 1 is 1.12 bits per heavy atom. The zero-order valence-electron chi connectivity index (χ0n) is 15.2. The van der Waals surface area contributed by atoms with Crippen molar-refractivity contribution in [3.63, 3.8) is 0 Å². The Morgan fingerprint density at radius 3 is 2.32 bits per heavy atom. The predicted octanol–water partition coefficient (Wildman–Crippen LogP) is 1.55. The Labute approximate surface area is 147 Å². The minimum absolute atomic E-state index is 0.0527. The first-order valence-corrected chi connectivity index (χ1v) is 8.49. The summed E-state index contributed by atoms with van der Waals surface area (Å²) >= 11 is 0. The Kier molecular flexibility index (Phi) is 4.26. The smallest absolute Gasteiger partial charge is 0.319 e. The van der Waals surface area contributed by atoms with Gasteiger partial charge in [0, 0.05) is 52.3 Å². The van der Waals surface area contributed by atoms with E-state index < -0.39 is 0 Å². The van der Waals surface area contributed by atoms with E-state index in [9.17, 15) is 14.7 Å². The SMILES string of the molecule is CN(C)C(=O)N1CCN(C(=O)c2ccc3c(c2O)OC(C)(C)C3)CC1. The van der Waals surface area contributed by atoms with E-state index in [-0.39, 0.29) is 28.9 Å².